The lowest BCUT2D eigenvalue weighted by Gasteiger charge is -2.02. The molecule has 0 amide bonds. The number of nitrogens with one attached hydrogen (secondary N) is 1. The number of nitrogen functional groups attached to an aromatic ring is 1. The molecular weight excluding hydrogens is 231 g/mol. The number of rotatable bonds is 4. The van der Waals surface area contributed by atoms with Crippen molar-refractivity contribution in [2.75, 3.05) is 19.3 Å². The van der Waals surface area contributed by atoms with E-state index in [1.54, 1.807) is 12.1 Å². The minimum atomic E-state index is 0.508. The monoisotopic (exact) mass is 244 g/mol. The summed E-state index contributed by atoms with van der Waals surface area (Å²) < 4.78 is 0. The molecule has 0 saturated carbocycles. The van der Waals surface area contributed by atoms with Crippen molar-refractivity contribution in [2.24, 2.45) is 0 Å². The Balaban J connectivity index is 2.77. The van der Waals surface area contributed by atoms with Gasteiger partial charge in [-0.1, -0.05) is 35.4 Å². The molecule has 0 aromatic heterocycles. The summed E-state index contributed by atoms with van der Waals surface area (Å²) in [6, 6.07) is 3.44. The fourth-order valence-corrected chi connectivity index (χ4v) is 1.55. The zero-order chi connectivity index (χ0) is 11.3. The minimum Gasteiger partial charge on any atom is -0.397 e. The third kappa shape index (κ3) is 3.74. The molecular formula is C11H14Cl2N2. The second-order valence-electron chi connectivity index (χ2n) is 3.19. The van der Waals surface area contributed by atoms with Gasteiger partial charge in [-0.05, 0) is 37.7 Å². The van der Waals surface area contributed by atoms with Crippen LogP contribution in [0.3, 0.4) is 0 Å². The summed E-state index contributed by atoms with van der Waals surface area (Å²) in [4.78, 5) is 0. The molecule has 82 valence electrons. The predicted molar refractivity (Wildman–Crippen MR) is 68.5 cm³/mol. The van der Waals surface area contributed by atoms with Crippen LogP contribution in [0.15, 0.2) is 18.2 Å². The molecule has 3 N–H and O–H groups in total. The molecule has 0 aliphatic rings. The topological polar surface area (TPSA) is 38.0 Å². The van der Waals surface area contributed by atoms with Gasteiger partial charge in [0.1, 0.15) is 0 Å². The largest absolute Gasteiger partial charge is 0.397 e. The van der Waals surface area contributed by atoms with Gasteiger partial charge >= 0.3 is 0 Å². The van der Waals surface area contributed by atoms with Crippen molar-refractivity contribution in [1.29, 1.82) is 0 Å². The van der Waals surface area contributed by atoms with Crippen LogP contribution in [0, 0.1) is 0 Å². The maximum Gasteiger partial charge on any atom is 0.0642 e. The SMILES string of the molecule is CNCCC=Cc1cc(Cl)c(N)cc1Cl. The Morgan fingerprint density at radius 2 is 2.07 bits per heavy atom. The lowest BCUT2D eigenvalue weighted by molar-refractivity contribution is 0.809. The highest BCUT2D eigenvalue weighted by Gasteiger charge is 2.01. The molecule has 0 saturated heterocycles. The molecule has 0 spiro atoms. The average Bonchev–Trinajstić information content (AvgIpc) is 2.20. The number of benzene rings is 1. The number of halogens is 2. The molecule has 2 nitrogen and oxygen atoms in total. The van der Waals surface area contributed by atoms with Crippen LogP contribution in [0.2, 0.25) is 10.0 Å². The first-order chi connectivity index (χ1) is 7.15. The zero-order valence-corrected chi connectivity index (χ0v) is 10.1. The third-order valence-corrected chi connectivity index (χ3v) is 2.63. The van der Waals surface area contributed by atoms with Crippen LogP contribution in [0.1, 0.15) is 12.0 Å². The molecule has 4 heteroatoms. The van der Waals surface area contributed by atoms with Crippen molar-refractivity contribution in [3.8, 4) is 0 Å². The van der Waals surface area contributed by atoms with E-state index in [1.165, 1.54) is 0 Å². The summed E-state index contributed by atoms with van der Waals surface area (Å²) in [6.07, 6.45) is 4.95. The first-order valence-corrected chi connectivity index (χ1v) is 5.46. The van der Waals surface area contributed by atoms with E-state index in [0.717, 1.165) is 18.5 Å². The Kier molecular flexibility index (Phi) is 4.95. The van der Waals surface area contributed by atoms with Gasteiger partial charge in [0.25, 0.3) is 0 Å². The molecule has 0 fully saturated rings. The van der Waals surface area contributed by atoms with E-state index in [2.05, 4.69) is 5.32 Å². The van der Waals surface area contributed by atoms with Gasteiger partial charge in [-0.25, -0.2) is 0 Å². The lowest BCUT2D eigenvalue weighted by Crippen LogP contribution is -2.05. The summed E-state index contributed by atoms with van der Waals surface area (Å²) in [5.74, 6) is 0. The Bertz CT molecular complexity index is 362. The average molecular weight is 245 g/mol. The lowest BCUT2D eigenvalue weighted by atomic mass is 10.2. The van der Waals surface area contributed by atoms with Crippen LogP contribution in [0.25, 0.3) is 6.08 Å². The fraction of sp³-hybridized carbons (Fsp3) is 0.273. The quantitative estimate of drug-likeness (QED) is 0.631. The van der Waals surface area contributed by atoms with Crippen molar-refractivity contribution in [2.45, 2.75) is 6.42 Å². The van der Waals surface area contributed by atoms with Gasteiger partial charge in [-0.3, -0.25) is 0 Å². The van der Waals surface area contributed by atoms with Crippen molar-refractivity contribution < 1.29 is 0 Å². The number of hydrogen-bond acceptors (Lipinski definition) is 2. The van der Waals surface area contributed by atoms with Crippen LogP contribution < -0.4 is 11.1 Å². The maximum atomic E-state index is 6.01. The minimum absolute atomic E-state index is 0.508. The van der Waals surface area contributed by atoms with Gasteiger partial charge in [0.05, 0.1) is 10.7 Å². The van der Waals surface area contributed by atoms with Crippen molar-refractivity contribution in [3.05, 3.63) is 33.8 Å². The van der Waals surface area contributed by atoms with Gasteiger partial charge in [-0.15, -0.1) is 0 Å². The molecule has 0 heterocycles. The Morgan fingerprint density at radius 3 is 2.73 bits per heavy atom. The van der Waals surface area contributed by atoms with Gasteiger partial charge in [0, 0.05) is 5.02 Å². The van der Waals surface area contributed by atoms with Crippen LogP contribution >= 0.6 is 23.2 Å². The highest BCUT2D eigenvalue weighted by atomic mass is 35.5. The molecule has 0 radical (unpaired) electrons. The third-order valence-electron chi connectivity index (χ3n) is 1.97. The van der Waals surface area contributed by atoms with Crippen molar-refractivity contribution in [1.82, 2.24) is 5.32 Å². The Hall–Kier alpha value is -0.700. The number of nitrogens with two attached hydrogens (primary N) is 1. The number of anilines is 1. The first kappa shape index (κ1) is 12.4. The molecule has 0 unspecified atom stereocenters. The van der Waals surface area contributed by atoms with Crippen LogP contribution in [0.5, 0.6) is 0 Å². The second kappa shape index (κ2) is 6.01. The summed E-state index contributed by atoms with van der Waals surface area (Å²) in [6.45, 7) is 0.941. The highest BCUT2D eigenvalue weighted by Crippen LogP contribution is 2.27. The summed E-state index contributed by atoms with van der Waals surface area (Å²) in [7, 11) is 1.92. The zero-order valence-electron chi connectivity index (χ0n) is 8.56. The van der Waals surface area contributed by atoms with E-state index in [0.29, 0.717) is 15.7 Å². The van der Waals surface area contributed by atoms with E-state index in [1.807, 2.05) is 19.2 Å². The van der Waals surface area contributed by atoms with Gasteiger partial charge in [0.15, 0.2) is 0 Å². The molecule has 1 aromatic carbocycles. The number of hydrogen-bond donors (Lipinski definition) is 2. The molecule has 0 atom stereocenters. The highest BCUT2D eigenvalue weighted by molar-refractivity contribution is 6.36. The first-order valence-electron chi connectivity index (χ1n) is 4.71. The van der Waals surface area contributed by atoms with E-state index >= 15 is 0 Å². The molecule has 0 aliphatic carbocycles. The van der Waals surface area contributed by atoms with Crippen LogP contribution in [0.4, 0.5) is 5.69 Å². The van der Waals surface area contributed by atoms with Gasteiger partial charge < -0.3 is 11.1 Å². The Morgan fingerprint density at radius 1 is 1.33 bits per heavy atom. The summed E-state index contributed by atoms with van der Waals surface area (Å²) >= 11 is 11.9. The van der Waals surface area contributed by atoms with Crippen molar-refractivity contribution in [3.63, 3.8) is 0 Å². The smallest absolute Gasteiger partial charge is 0.0642 e. The van der Waals surface area contributed by atoms with Crippen molar-refractivity contribution >= 4 is 35.0 Å². The molecule has 15 heavy (non-hydrogen) atoms. The van der Waals surface area contributed by atoms with E-state index in [4.69, 9.17) is 28.9 Å². The van der Waals surface area contributed by atoms with E-state index in [-0.39, 0.29) is 0 Å². The standard InChI is InChI=1S/C11H14Cl2N2/c1-15-5-3-2-4-8-6-10(13)11(14)7-9(8)12/h2,4,6-7,15H,3,5,14H2,1H3. The molecule has 1 rings (SSSR count). The molecule has 1 aromatic rings. The Labute approximate surface area is 100 Å². The predicted octanol–water partition coefficient (Wildman–Crippen LogP) is 3.20. The second-order valence-corrected chi connectivity index (χ2v) is 4.00. The van der Waals surface area contributed by atoms with Gasteiger partial charge in [0.2, 0.25) is 0 Å². The van der Waals surface area contributed by atoms with Crippen LogP contribution in [-0.2, 0) is 0 Å². The van der Waals surface area contributed by atoms with E-state index < -0.39 is 0 Å². The normalized spacial score (nSPS) is 11.1. The fourth-order valence-electron chi connectivity index (χ4n) is 1.14. The maximum absolute atomic E-state index is 6.01. The summed E-state index contributed by atoms with van der Waals surface area (Å²) in [5, 5.41) is 4.22. The molecule has 0 aliphatic heterocycles. The summed E-state index contributed by atoms with van der Waals surface area (Å²) in [5.41, 5.74) is 7.02. The molecule has 0 bridgehead atoms. The van der Waals surface area contributed by atoms with E-state index in [9.17, 15) is 0 Å². The van der Waals surface area contributed by atoms with Crippen LogP contribution in [-0.4, -0.2) is 13.6 Å². The van der Waals surface area contributed by atoms with Gasteiger partial charge in [-0.2, -0.15) is 0 Å².